The molecule has 0 aliphatic carbocycles. The lowest BCUT2D eigenvalue weighted by molar-refractivity contribution is -0.138. The second-order valence-corrected chi connectivity index (χ2v) is 15.0. The van der Waals surface area contributed by atoms with Gasteiger partial charge in [-0.3, -0.25) is 19.7 Å². The molecule has 12 nitrogen and oxygen atoms in total. The molecule has 14 heteroatoms. The summed E-state index contributed by atoms with van der Waals surface area (Å²) in [5.41, 5.74) is 2.42. The first-order valence-corrected chi connectivity index (χ1v) is 19.6. The van der Waals surface area contributed by atoms with E-state index < -0.39 is 17.7 Å². The van der Waals surface area contributed by atoms with E-state index in [0.717, 1.165) is 83.4 Å². The van der Waals surface area contributed by atoms with Crippen molar-refractivity contribution in [1.29, 1.82) is 0 Å². The van der Waals surface area contributed by atoms with Crippen molar-refractivity contribution in [1.82, 2.24) is 35.0 Å². The summed E-state index contributed by atoms with van der Waals surface area (Å²) in [7, 11) is 2.17. The molecule has 7 rings (SSSR count). The highest BCUT2D eigenvalue weighted by molar-refractivity contribution is 6.00. The van der Waals surface area contributed by atoms with Gasteiger partial charge in [-0.2, -0.15) is 5.10 Å². The summed E-state index contributed by atoms with van der Waals surface area (Å²) in [6, 6.07) is 13.1. The first-order chi connectivity index (χ1) is 26.7. The van der Waals surface area contributed by atoms with E-state index in [2.05, 4.69) is 44.7 Å². The number of anilines is 1. The summed E-state index contributed by atoms with van der Waals surface area (Å²) in [5, 5.41) is 9.67. The predicted molar refractivity (Wildman–Crippen MR) is 204 cm³/mol. The van der Waals surface area contributed by atoms with Gasteiger partial charge in [-0.05, 0) is 113 Å². The minimum atomic E-state index is -0.622. The molecule has 3 fully saturated rings. The third-order valence-electron chi connectivity index (χ3n) is 11.2. The summed E-state index contributed by atoms with van der Waals surface area (Å²) in [6.07, 6.45) is 9.96. The lowest BCUT2D eigenvalue weighted by Crippen LogP contribution is -2.46. The number of carbonyl (C=O) groups excluding carboxylic acids is 3. The Kier molecular flexibility index (Phi) is 12.3. The first kappa shape index (κ1) is 38.3. The fraction of sp³-hybridized carbons (Fsp3) is 0.488. The van der Waals surface area contributed by atoms with Crippen LogP contribution in [0.15, 0.2) is 60.9 Å². The maximum Gasteiger partial charge on any atom is 0.267 e. The number of nitrogens with one attached hydrogen (secondary N) is 2. The van der Waals surface area contributed by atoms with Crippen molar-refractivity contribution >= 4 is 29.2 Å². The molecule has 55 heavy (non-hydrogen) atoms. The molecule has 2 atom stereocenters. The van der Waals surface area contributed by atoms with Crippen molar-refractivity contribution in [3.8, 4) is 5.75 Å². The van der Waals surface area contributed by atoms with Crippen LogP contribution >= 0.6 is 0 Å². The summed E-state index contributed by atoms with van der Waals surface area (Å²) in [6.45, 7) is 6.36. The van der Waals surface area contributed by atoms with Gasteiger partial charge in [0.05, 0.1) is 12.2 Å². The maximum atomic E-state index is 14.6. The Balaban J connectivity index is 0.784. The van der Waals surface area contributed by atoms with Crippen molar-refractivity contribution in [3.63, 3.8) is 0 Å². The molecule has 1 unspecified atom stereocenters. The molecule has 3 aliphatic rings. The van der Waals surface area contributed by atoms with Crippen LogP contribution in [0.25, 0.3) is 5.65 Å². The van der Waals surface area contributed by atoms with Crippen LogP contribution in [0.1, 0.15) is 91.2 Å². The van der Waals surface area contributed by atoms with E-state index in [4.69, 9.17) is 9.72 Å². The zero-order chi connectivity index (χ0) is 38.3. The molecule has 3 saturated heterocycles. The molecule has 2 aromatic carbocycles. The predicted octanol–water partition coefficient (Wildman–Crippen LogP) is 5.24. The summed E-state index contributed by atoms with van der Waals surface area (Å²) in [5.74, 6) is -0.000310. The molecule has 0 saturated carbocycles. The Morgan fingerprint density at radius 1 is 0.982 bits per heavy atom. The van der Waals surface area contributed by atoms with Gasteiger partial charge in [0.25, 0.3) is 11.8 Å². The van der Waals surface area contributed by atoms with Crippen LogP contribution in [0.3, 0.4) is 0 Å². The number of imide groups is 1. The monoisotopic (exact) mass is 756 g/mol. The van der Waals surface area contributed by atoms with Crippen LogP contribution in [0.5, 0.6) is 5.75 Å². The average Bonchev–Trinajstić information content (AvgIpc) is 3.86. The Hall–Kier alpha value is -4.95. The van der Waals surface area contributed by atoms with Gasteiger partial charge in [0.1, 0.15) is 28.8 Å². The van der Waals surface area contributed by atoms with Crippen molar-refractivity contribution < 1.29 is 27.9 Å². The van der Waals surface area contributed by atoms with E-state index in [9.17, 15) is 23.2 Å². The number of benzene rings is 2. The standard InChI is InChI=1S/C41H50F2N8O4/c1-48(24-25-49-21-15-29(16-22-49)28-7-10-31(11-8-28)55-36-13-14-38(52)47-41(36)54)19-4-2-3-18-44-40(53)33-27-45-51-23-17-37(46-39(33)51)50-20-5-6-35(50)32-26-30(42)9-12-34(32)43/h7-12,17,23,26-27,29,35-36H,2-6,13-16,18-22,24-25H2,1H3,(H,44,53)(H,47,52,54)/t35-,36?/m0/s1. The molecule has 0 radical (unpaired) electrons. The van der Waals surface area contributed by atoms with E-state index in [-0.39, 0.29) is 23.8 Å². The number of ether oxygens (including phenoxy) is 1. The molecule has 0 bridgehead atoms. The second-order valence-electron chi connectivity index (χ2n) is 15.0. The first-order valence-electron chi connectivity index (χ1n) is 19.6. The molecular formula is C41H50F2N8O4. The van der Waals surface area contributed by atoms with Crippen molar-refractivity contribution in [3.05, 3.63) is 89.2 Å². The molecular weight excluding hydrogens is 706 g/mol. The van der Waals surface area contributed by atoms with Gasteiger partial charge < -0.3 is 24.8 Å². The highest BCUT2D eigenvalue weighted by atomic mass is 19.1. The summed E-state index contributed by atoms with van der Waals surface area (Å²) in [4.78, 5) is 48.2. The number of halogens is 2. The lowest BCUT2D eigenvalue weighted by atomic mass is 9.89. The SMILES string of the molecule is CN(CCCCCNC(=O)c1cnn2ccc(N3CCC[C@H]3c3cc(F)ccc3F)nc12)CCN1CCC(c2ccc(OC3CCC(=O)NC3=O)cc2)CC1. The number of amides is 3. The summed E-state index contributed by atoms with van der Waals surface area (Å²) >= 11 is 0. The molecule has 2 aromatic heterocycles. The van der Waals surface area contributed by atoms with Gasteiger partial charge in [-0.25, -0.2) is 18.3 Å². The average molecular weight is 757 g/mol. The van der Waals surface area contributed by atoms with Crippen molar-refractivity contribution in [2.45, 2.75) is 75.9 Å². The van der Waals surface area contributed by atoms with E-state index in [1.807, 2.05) is 17.0 Å². The van der Waals surface area contributed by atoms with Gasteiger partial charge in [-0.15, -0.1) is 0 Å². The Bertz CT molecular complexity index is 1970. The largest absolute Gasteiger partial charge is 0.481 e. The minimum absolute atomic E-state index is 0.231. The minimum Gasteiger partial charge on any atom is -0.481 e. The molecule has 4 aromatic rings. The maximum absolute atomic E-state index is 14.6. The van der Waals surface area contributed by atoms with E-state index >= 15 is 0 Å². The number of piperidine rings is 2. The zero-order valence-electron chi connectivity index (χ0n) is 31.4. The Morgan fingerprint density at radius 2 is 1.80 bits per heavy atom. The van der Waals surface area contributed by atoms with E-state index in [0.29, 0.717) is 66.6 Å². The lowest BCUT2D eigenvalue weighted by Gasteiger charge is -2.33. The number of likely N-dealkylation sites (N-methyl/N-ethyl adjacent to an activating group) is 1. The Morgan fingerprint density at radius 3 is 2.60 bits per heavy atom. The normalized spacial score (nSPS) is 19.7. The van der Waals surface area contributed by atoms with E-state index in [1.165, 1.54) is 17.8 Å². The summed E-state index contributed by atoms with van der Waals surface area (Å²) < 4.78 is 36.0. The van der Waals surface area contributed by atoms with E-state index in [1.54, 1.807) is 16.8 Å². The quantitative estimate of drug-likeness (QED) is 0.124. The molecule has 292 valence electrons. The zero-order valence-corrected chi connectivity index (χ0v) is 31.4. The number of nitrogens with zero attached hydrogens (tertiary/aromatic N) is 6. The van der Waals surface area contributed by atoms with Crippen molar-refractivity contribution in [2.24, 2.45) is 0 Å². The number of carbonyl (C=O) groups is 3. The highest BCUT2D eigenvalue weighted by Gasteiger charge is 2.31. The van der Waals surface area contributed by atoms with Crippen LogP contribution in [0.4, 0.5) is 14.6 Å². The number of hydrogen-bond acceptors (Lipinski definition) is 9. The number of likely N-dealkylation sites (tertiary alicyclic amines) is 1. The fourth-order valence-corrected chi connectivity index (χ4v) is 7.98. The van der Waals surface area contributed by atoms with Crippen LogP contribution in [-0.4, -0.2) is 101 Å². The van der Waals surface area contributed by atoms with Gasteiger partial charge in [0.15, 0.2) is 11.8 Å². The Labute approximate surface area is 320 Å². The van der Waals surface area contributed by atoms with Gasteiger partial charge in [-0.1, -0.05) is 18.6 Å². The number of fused-ring (bicyclic) bond motifs is 1. The molecule has 3 amide bonds. The fourth-order valence-electron chi connectivity index (χ4n) is 7.98. The second kappa shape index (κ2) is 17.7. The van der Waals surface area contributed by atoms with Gasteiger partial charge in [0.2, 0.25) is 5.91 Å². The van der Waals surface area contributed by atoms with Crippen molar-refractivity contribution in [2.75, 3.05) is 57.8 Å². The van der Waals surface area contributed by atoms with Gasteiger partial charge >= 0.3 is 0 Å². The molecule has 0 spiro atoms. The molecule has 2 N–H and O–H groups in total. The molecule has 5 heterocycles. The number of aromatic nitrogens is 3. The molecule has 3 aliphatic heterocycles. The van der Waals surface area contributed by atoms with Crippen LogP contribution in [-0.2, 0) is 9.59 Å². The highest BCUT2D eigenvalue weighted by Crippen LogP contribution is 2.37. The number of unbranched alkanes of at least 4 members (excludes halogenated alkanes) is 2. The van der Waals surface area contributed by atoms with Crippen LogP contribution < -0.4 is 20.3 Å². The van der Waals surface area contributed by atoms with Crippen LogP contribution in [0.2, 0.25) is 0 Å². The third-order valence-corrected chi connectivity index (χ3v) is 11.2. The number of rotatable bonds is 15. The topological polar surface area (TPSA) is 124 Å². The number of hydrogen-bond donors (Lipinski definition) is 2. The smallest absolute Gasteiger partial charge is 0.267 e. The third kappa shape index (κ3) is 9.48. The van der Waals surface area contributed by atoms with Crippen LogP contribution in [0, 0.1) is 11.6 Å². The van der Waals surface area contributed by atoms with Gasteiger partial charge in [0, 0.05) is 50.8 Å².